The molecular weight excluding hydrogens is 731 g/mol. The summed E-state index contributed by atoms with van der Waals surface area (Å²) in [5, 5.41) is 8.88. The number of aromatic nitrogens is 2. The Bertz CT molecular complexity index is 2310. The van der Waals surface area contributed by atoms with Crippen LogP contribution in [-0.4, -0.2) is 73.5 Å². The Hall–Kier alpha value is -5.37. The molecule has 0 atom stereocenters. The predicted molar refractivity (Wildman–Crippen MR) is 217 cm³/mol. The summed E-state index contributed by atoms with van der Waals surface area (Å²) < 4.78 is 41.2. The molecule has 0 spiro atoms. The van der Waals surface area contributed by atoms with Crippen LogP contribution in [0.25, 0.3) is 33.2 Å². The van der Waals surface area contributed by atoms with E-state index in [9.17, 15) is 22.8 Å². The number of sulfonamides is 1. The summed E-state index contributed by atoms with van der Waals surface area (Å²) in [6.07, 6.45) is 1.22. The van der Waals surface area contributed by atoms with Crippen molar-refractivity contribution in [3.63, 3.8) is 0 Å². The van der Waals surface area contributed by atoms with Crippen LogP contribution in [0.15, 0.2) is 107 Å². The molecule has 5 aromatic rings. The number of carbonyl (C=O) groups excluding carboxylic acids is 2. The van der Waals surface area contributed by atoms with Gasteiger partial charge in [-0.1, -0.05) is 91.3 Å². The topological polar surface area (TPSA) is 149 Å². The summed E-state index contributed by atoms with van der Waals surface area (Å²) in [4.78, 5) is 40.5. The van der Waals surface area contributed by atoms with Gasteiger partial charge in [-0.3, -0.25) is 14.5 Å². The molecule has 2 N–H and O–H groups in total. The first-order chi connectivity index (χ1) is 26.9. The number of hydrogen-bond acceptors (Lipinski definition) is 9. The third kappa shape index (κ3) is 10.7. The lowest BCUT2D eigenvalue weighted by atomic mass is 10.0. The number of ether oxygens (including phenoxy) is 2. The average Bonchev–Trinajstić information content (AvgIpc) is 3.17. The molecule has 1 aliphatic rings. The number of carbonyl (C=O) groups is 2. The highest BCUT2D eigenvalue weighted by Gasteiger charge is 2.22. The van der Waals surface area contributed by atoms with Crippen molar-refractivity contribution >= 4 is 32.8 Å². The van der Waals surface area contributed by atoms with Gasteiger partial charge in [-0.05, 0) is 62.4 Å². The number of morpholine rings is 1. The second kappa shape index (κ2) is 18.1. The maximum absolute atomic E-state index is 13.7. The maximum atomic E-state index is 13.7. The molecule has 1 fully saturated rings. The molecule has 56 heavy (non-hydrogen) atoms. The molecule has 12 nitrogen and oxygen atoms in total. The zero-order chi connectivity index (χ0) is 39.7. The number of hydrogen-bond donors (Lipinski definition) is 2. The fraction of sp³-hybridized carbons (Fsp3) is 0.349. The van der Waals surface area contributed by atoms with Crippen molar-refractivity contribution in [3.8, 4) is 22.4 Å². The Balaban J connectivity index is 1.11. The Kier molecular flexibility index (Phi) is 13.0. The summed E-state index contributed by atoms with van der Waals surface area (Å²) in [5.74, 6) is -0.605. The number of fused-ring (bicyclic) bond motifs is 1. The van der Waals surface area contributed by atoms with Crippen LogP contribution >= 0.6 is 0 Å². The lowest BCUT2D eigenvalue weighted by Crippen LogP contribution is -2.35. The van der Waals surface area contributed by atoms with Crippen LogP contribution in [0.5, 0.6) is 0 Å². The fourth-order valence-electron chi connectivity index (χ4n) is 6.59. The van der Waals surface area contributed by atoms with E-state index in [1.807, 2.05) is 36.4 Å². The molecule has 1 aromatic heterocycles. The van der Waals surface area contributed by atoms with Crippen molar-refractivity contribution in [2.24, 2.45) is 0 Å². The van der Waals surface area contributed by atoms with Gasteiger partial charge in [0.05, 0.1) is 35.7 Å². The molecule has 0 radical (unpaired) electrons. The third-order valence-electron chi connectivity index (χ3n) is 9.38. The van der Waals surface area contributed by atoms with Crippen LogP contribution in [0, 0.1) is 0 Å². The van der Waals surface area contributed by atoms with Crippen LogP contribution in [-0.2, 0) is 37.4 Å². The molecule has 0 aliphatic carbocycles. The largest absolute Gasteiger partial charge is 0.444 e. The summed E-state index contributed by atoms with van der Waals surface area (Å²) in [7, 11) is -4.18. The highest BCUT2D eigenvalue weighted by Crippen LogP contribution is 2.29. The van der Waals surface area contributed by atoms with Gasteiger partial charge in [0.25, 0.3) is 15.6 Å². The third-order valence-corrected chi connectivity index (χ3v) is 10.8. The number of rotatable bonds is 14. The first kappa shape index (κ1) is 40.3. The highest BCUT2D eigenvalue weighted by atomic mass is 32.2. The van der Waals surface area contributed by atoms with Gasteiger partial charge in [0, 0.05) is 49.1 Å². The standard InChI is InChI=1S/C43H49N5O7S/c1-43(2,3)55-42(51)44-24-10-4-5-15-39(49)46-56(52,53)38-14-9-8-11-35(38)33-20-16-32(17-21-33)30-48-41(50)37-13-7-6-12-36(37)40(45-48)34-22-18-31(19-23-34)29-47-25-27-54-28-26-47/h6-9,11-14,16-23H,4-5,10,15,24-30H2,1-3H3,(H,44,51)(H,46,49). The number of benzene rings is 4. The summed E-state index contributed by atoms with van der Waals surface area (Å²) in [5.41, 5.74) is 3.91. The number of nitrogens with one attached hydrogen (secondary N) is 2. The average molecular weight is 780 g/mol. The monoisotopic (exact) mass is 779 g/mol. The minimum absolute atomic E-state index is 0.0179. The van der Waals surface area contributed by atoms with Crippen molar-refractivity contribution in [3.05, 3.63) is 119 Å². The first-order valence-corrected chi connectivity index (χ1v) is 20.4. The van der Waals surface area contributed by atoms with Crippen molar-refractivity contribution in [1.82, 2.24) is 24.7 Å². The van der Waals surface area contributed by atoms with E-state index in [4.69, 9.17) is 14.6 Å². The van der Waals surface area contributed by atoms with Crippen LogP contribution in [0.3, 0.4) is 0 Å². The van der Waals surface area contributed by atoms with Gasteiger partial charge in [-0.2, -0.15) is 5.10 Å². The van der Waals surface area contributed by atoms with E-state index in [1.165, 1.54) is 16.3 Å². The first-order valence-electron chi connectivity index (χ1n) is 19.0. The van der Waals surface area contributed by atoms with Crippen LogP contribution in [0.2, 0.25) is 0 Å². The van der Waals surface area contributed by atoms with Crippen LogP contribution in [0.1, 0.15) is 57.6 Å². The number of unbranched alkanes of at least 4 members (excludes halogenated alkanes) is 2. The molecule has 6 rings (SSSR count). The Morgan fingerprint density at radius 2 is 1.41 bits per heavy atom. The van der Waals surface area contributed by atoms with E-state index in [0.29, 0.717) is 48.0 Å². The molecule has 0 unspecified atom stereocenters. The number of alkyl carbamates (subject to hydrolysis) is 1. The zero-order valence-electron chi connectivity index (χ0n) is 32.1. The van der Waals surface area contributed by atoms with Gasteiger partial charge >= 0.3 is 6.09 Å². The fourth-order valence-corrected chi connectivity index (χ4v) is 7.84. The van der Waals surface area contributed by atoms with E-state index in [-0.39, 0.29) is 23.4 Å². The quantitative estimate of drug-likeness (QED) is 0.121. The minimum atomic E-state index is -4.18. The van der Waals surface area contributed by atoms with Crippen LogP contribution < -0.4 is 15.6 Å². The van der Waals surface area contributed by atoms with Gasteiger partial charge in [0.1, 0.15) is 5.60 Å². The normalized spacial score (nSPS) is 13.7. The second-order valence-electron chi connectivity index (χ2n) is 14.9. The zero-order valence-corrected chi connectivity index (χ0v) is 32.9. The lowest BCUT2D eigenvalue weighted by Gasteiger charge is -2.26. The number of amides is 2. The molecule has 1 aliphatic heterocycles. The van der Waals surface area contributed by atoms with Crippen molar-refractivity contribution < 1.29 is 27.5 Å². The molecule has 4 aromatic carbocycles. The highest BCUT2D eigenvalue weighted by molar-refractivity contribution is 7.90. The van der Waals surface area contributed by atoms with Gasteiger partial charge in [-0.25, -0.2) is 22.6 Å². The summed E-state index contributed by atoms with van der Waals surface area (Å²) >= 11 is 0. The molecule has 0 bridgehead atoms. The van der Waals surface area contributed by atoms with Gasteiger partial charge in [0.2, 0.25) is 5.91 Å². The van der Waals surface area contributed by atoms with Crippen molar-refractivity contribution in [2.45, 2.75) is 70.0 Å². The minimum Gasteiger partial charge on any atom is -0.444 e. The van der Waals surface area contributed by atoms with Crippen molar-refractivity contribution in [1.29, 1.82) is 0 Å². The molecule has 2 amide bonds. The molecule has 0 saturated carbocycles. The van der Waals surface area contributed by atoms with Crippen molar-refractivity contribution in [2.75, 3.05) is 32.8 Å². The molecule has 294 valence electrons. The second-order valence-corrected chi connectivity index (χ2v) is 16.6. The Labute approximate surface area is 327 Å². The maximum Gasteiger partial charge on any atom is 0.407 e. The predicted octanol–water partition coefficient (Wildman–Crippen LogP) is 6.50. The van der Waals surface area contributed by atoms with E-state index in [0.717, 1.165) is 49.4 Å². The van der Waals surface area contributed by atoms with Gasteiger partial charge in [-0.15, -0.1) is 0 Å². The molecule has 2 heterocycles. The van der Waals surface area contributed by atoms with Crippen LogP contribution in [0.4, 0.5) is 4.79 Å². The Morgan fingerprint density at radius 1 is 0.786 bits per heavy atom. The summed E-state index contributed by atoms with van der Waals surface area (Å²) in [6.45, 7) is 10.1. The van der Waals surface area contributed by atoms with E-state index in [1.54, 1.807) is 51.1 Å². The van der Waals surface area contributed by atoms with E-state index >= 15 is 0 Å². The molecule has 13 heteroatoms. The molecular formula is C43H49N5O7S. The lowest BCUT2D eigenvalue weighted by molar-refractivity contribution is -0.119. The Morgan fingerprint density at radius 3 is 2.11 bits per heavy atom. The molecule has 1 saturated heterocycles. The SMILES string of the molecule is CC(C)(C)OC(=O)NCCCCCC(=O)NS(=O)(=O)c1ccccc1-c1ccc(Cn2nc(-c3ccc(CN4CCOCC4)cc3)c3ccccc3c2=O)cc1. The van der Waals surface area contributed by atoms with Gasteiger partial charge < -0.3 is 14.8 Å². The van der Waals surface area contributed by atoms with E-state index in [2.05, 4.69) is 39.2 Å². The number of nitrogens with zero attached hydrogens (tertiary/aromatic N) is 3. The van der Waals surface area contributed by atoms with Gasteiger partial charge in [0.15, 0.2) is 0 Å². The van der Waals surface area contributed by atoms with E-state index < -0.39 is 27.6 Å². The summed E-state index contributed by atoms with van der Waals surface area (Å²) in [6, 6.07) is 29.6. The smallest absolute Gasteiger partial charge is 0.407 e.